The van der Waals surface area contributed by atoms with E-state index in [4.69, 9.17) is 4.74 Å². The lowest BCUT2D eigenvalue weighted by Gasteiger charge is -2.23. The van der Waals surface area contributed by atoms with E-state index in [0.29, 0.717) is 0 Å². The first kappa shape index (κ1) is 12.1. The van der Waals surface area contributed by atoms with E-state index in [1.807, 2.05) is 0 Å². The fraction of sp³-hybridized carbons (Fsp3) is 0.800. The van der Waals surface area contributed by atoms with Crippen LogP contribution >= 0.6 is 0 Å². The molecule has 0 aliphatic carbocycles. The number of rotatable bonds is 0. The van der Waals surface area contributed by atoms with E-state index in [9.17, 15) is 9.59 Å². The minimum atomic E-state index is -0.393. The second kappa shape index (κ2) is 5.73. The Morgan fingerprint density at radius 1 is 1.31 bits per heavy atom. The summed E-state index contributed by atoms with van der Waals surface area (Å²) in [6, 6.07) is 0. The van der Waals surface area contributed by atoms with Crippen molar-refractivity contribution in [1.82, 2.24) is 0 Å². The van der Waals surface area contributed by atoms with Crippen molar-refractivity contribution >= 4 is 11.8 Å². The average Bonchev–Trinajstić information content (AvgIpc) is 2.01. The molecule has 1 saturated heterocycles. The first-order valence-electron chi connectivity index (χ1n) is 4.75. The number of cyclic esters (lactones) is 1. The van der Waals surface area contributed by atoms with Gasteiger partial charge in [-0.05, 0) is 6.92 Å². The Balaban J connectivity index is 0.000000424. The summed E-state index contributed by atoms with van der Waals surface area (Å²) in [6.45, 7) is 7.76. The van der Waals surface area contributed by atoms with Crippen LogP contribution in [0.5, 0.6) is 0 Å². The highest BCUT2D eigenvalue weighted by atomic mass is 16.5. The first-order chi connectivity index (χ1) is 6.02. The van der Waals surface area contributed by atoms with Crippen molar-refractivity contribution in [3.05, 3.63) is 0 Å². The fourth-order valence-corrected chi connectivity index (χ4v) is 0.916. The number of Topliss-reactive ketones (excluding diaryl/α,β-unsaturated/α-hetero) is 1. The van der Waals surface area contributed by atoms with Crippen LogP contribution in [0.4, 0.5) is 0 Å². The van der Waals surface area contributed by atoms with Crippen LogP contribution in [0.3, 0.4) is 0 Å². The Morgan fingerprint density at radius 3 is 2.15 bits per heavy atom. The van der Waals surface area contributed by atoms with E-state index >= 15 is 0 Å². The lowest BCUT2D eigenvalue weighted by atomic mass is 9.96. The predicted molar refractivity (Wildman–Crippen MR) is 50.3 cm³/mol. The predicted octanol–water partition coefficient (Wildman–Crippen LogP) is 1.94. The van der Waals surface area contributed by atoms with Gasteiger partial charge in [-0.1, -0.05) is 27.2 Å². The highest BCUT2D eigenvalue weighted by Gasteiger charge is 2.30. The molecule has 0 saturated carbocycles. The van der Waals surface area contributed by atoms with Crippen molar-refractivity contribution in [2.75, 3.05) is 0 Å². The van der Waals surface area contributed by atoms with Gasteiger partial charge in [-0.3, -0.25) is 9.59 Å². The lowest BCUT2D eigenvalue weighted by molar-refractivity contribution is -0.161. The molecule has 0 aromatic heterocycles. The highest BCUT2D eigenvalue weighted by Crippen LogP contribution is 2.16. The van der Waals surface area contributed by atoms with Gasteiger partial charge >= 0.3 is 5.97 Å². The average molecular weight is 186 g/mol. The Morgan fingerprint density at radius 2 is 1.77 bits per heavy atom. The van der Waals surface area contributed by atoms with Crippen LogP contribution in [0.25, 0.3) is 0 Å². The van der Waals surface area contributed by atoms with Gasteiger partial charge < -0.3 is 4.74 Å². The first-order valence-corrected chi connectivity index (χ1v) is 4.75. The minimum Gasteiger partial charge on any atom is -0.462 e. The molecule has 0 aromatic rings. The topological polar surface area (TPSA) is 43.4 Å². The summed E-state index contributed by atoms with van der Waals surface area (Å²) in [4.78, 5) is 21.5. The molecular formula is C10H18O3. The van der Waals surface area contributed by atoms with Crippen LogP contribution in [0.1, 0.15) is 40.5 Å². The Kier molecular flexibility index (Phi) is 5.35. The quantitative estimate of drug-likeness (QED) is 0.429. The van der Waals surface area contributed by atoms with Crippen LogP contribution in [0.2, 0.25) is 0 Å². The van der Waals surface area contributed by atoms with Gasteiger partial charge in [0.1, 0.15) is 18.3 Å². The van der Waals surface area contributed by atoms with Crippen molar-refractivity contribution in [2.24, 2.45) is 5.92 Å². The number of carbonyl (C=O) groups is 2. The standard InChI is InChI=1S/C7H10O3.C3H8/c1-4-5(2)10-7(9)3-6(4)8;1-3-2/h4-5H,3H2,1-2H3;3H2,1-2H3/t4-,5?;/m0./s1. The summed E-state index contributed by atoms with van der Waals surface area (Å²) in [7, 11) is 0. The highest BCUT2D eigenvalue weighted by molar-refractivity contribution is 5.98. The van der Waals surface area contributed by atoms with E-state index in [0.717, 1.165) is 0 Å². The Bertz CT molecular complexity index is 187. The minimum absolute atomic E-state index is 0.0104. The monoisotopic (exact) mass is 186 g/mol. The van der Waals surface area contributed by atoms with Gasteiger partial charge in [0, 0.05) is 0 Å². The third kappa shape index (κ3) is 4.06. The van der Waals surface area contributed by atoms with E-state index in [2.05, 4.69) is 13.8 Å². The van der Waals surface area contributed by atoms with E-state index in [1.54, 1.807) is 13.8 Å². The van der Waals surface area contributed by atoms with Crippen molar-refractivity contribution < 1.29 is 14.3 Å². The van der Waals surface area contributed by atoms with Crippen LogP contribution in [-0.4, -0.2) is 17.9 Å². The third-order valence-electron chi connectivity index (χ3n) is 1.85. The molecule has 1 heterocycles. The van der Waals surface area contributed by atoms with Gasteiger partial charge in [-0.25, -0.2) is 0 Å². The molecule has 0 N–H and O–H groups in total. The smallest absolute Gasteiger partial charge is 0.313 e. The van der Waals surface area contributed by atoms with Crippen molar-refractivity contribution in [3.8, 4) is 0 Å². The van der Waals surface area contributed by atoms with E-state index < -0.39 is 5.97 Å². The molecule has 2 atom stereocenters. The Labute approximate surface area is 79.5 Å². The maximum Gasteiger partial charge on any atom is 0.313 e. The number of ketones is 1. The molecule has 0 radical (unpaired) electrons. The molecule has 0 amide bonds. The van der Waals surface area contributed by atoms with E-state index in [1.165, 1.54) is 6.42 Å². The van der Waals surface area contributed by atoms with Crippen molar-refractivity contribution in [3.63, 3.8) is 0 Å². The Hall–Kier alpha value is -0.860. The molecule has 0 aromatic carbocycles. The lowest BCUT2D eigenvalue weighted by Crippen LogP contribution is -2.35. The SMILES string of the molecule is CC1OC(=O)CC(=O)[C@H]1C.CCC. The zero-order chi connectivity index (χ0) is 10.4. The second-order valence-electron chi connectivity index (χ2n) is 3.33. The summed E-state index contributed by atoms with van der Waals surface area (Å²) in [5.41, 5.74) is 0. The van der Waals surface area contributed by atoms with Gasteiger partial charge in [0.05, 0.1) is 5.92 Å². The summed E-state index contributed by atoms with van der Waals surface area (Å²) < 4.78 is 4.81. The summed E-state index contributed by atoms with van der Waals surface area (Å²) in [6.07, 6.45) is 0.958. The molecule has 0 spiro atoms. The zero-order valence-electron chi connectivity index (χ0n) is 8.79. The maximum absolute atomic E-state index is 10.9. The van der Waals surface area contributed by atoms with E-state index in [-0.39, 0.29) is 24.2 Å². The fourth-order valence-electron chi connectivity index (χ4n) is 0.916. The van der Waals surface area contributed by atoms with Gasteiger partial charge in [0.15, 0.2) is 0 Å². The van der Waals surface area contributed by atoms with Gasteiger partial charge in [0.2, 0.25) is 0 Å². The van der Waals surface area contributed by atoms with Crippen LogP contribution in [0.15, 0.2) is 0 Å². The van der Waals surface area contributed by atoms with Crippen molar-refractivity contribution in [1.29, 1.82) is 0 Å². The molecule has 3 nitrogen and oxygen atoms in total. The number of esters is 1. The third-order valence-corrected chi connectivity index (χ3v) is 1.85. The largest absolute Gasteiger partial charge is 0.462 e. The molecule has 13 heavy (non-hydrogen) atoms. The van der Waals surface area contributed by atoms with Gasteiger partial charge in [-0.2, -0.15) is 0 Å². The van der Waals surface area contributed by atoms with Crippen LogP contribution < -0.4 is 0 Å². The second-order valence-corrected chi connectivity index (χ2v) is 3.33. The zero-order valence-corrected chi connectivity index (χ0v) is 8.79. The van der Waals surface area contributed by atoms with Crippen molar-refractivity contribution in [2.45, 2.75) is 46.6 Å². The molecule has 1 rings (SSSR count). The molecule has 0 bridgehead atoms. The van der Waals surface area contributed by atoms with Crippen LogP contribution in [-0.2, 0) is 14.3 Å². The maximum atomic E-state index is 10.9. The van der Waals surface area contributed by atoms with Crippen LogP contribution in [0, 0.1) is 5.92 Å². The molecule has 3 heteroatoms. The summed E-state index contributed by atoms with van der Waals surface area (Å²) >= 11 is 0. The molecule has 1 unspecified atom stereocenters. The number of hydrogen-bond donors (Lipinski definition) is 0. The molecule has 1 fully saturated rings. The molecule has 76 valence electrons. The summed E-state index contributed by atoms with van der Waals surface area (Å²) in [5.74, 6) is -0.531. The molecule has 1 aliphatic heterocycles. The van der Waals surface area contributed by atoms with Gasteiger partial charge in [0.25, 0.3) is 0 Å². The number of hydrogen-bond acceptors (Lipinski definition) is 3. The molecular weight excluding hydrogens is 168 g/mol. The number of ether oxygens (including phenoxy) is 1. The van der Waals surface area contributed by atoms with Gasteiger partial charge in [-0.15, -0.1) is 0 Å². The summed E-state index contributed by atoms with van der Waals surface area (Å²) in [5, 5.41) is 0. The molecule has 1 aliphatic rings. The normalized spacial score (nSPS) is 27.4. The number of carbonyl (C=O) groups excluding carboxylic acids is 2.